The maximum absolute atomic E-state index is 12.0. The van der Waals surface area contributed by atoms with Crippen molar-refractivity contribution in [1.82, 2.24) is 10.6 Å². The molecule has 0 aromatic heterocycles. The van der Waals surface area contributed by atoms with Crippen LogP contribution in [0.2, 0.25) is 0 Å². The van der Waals surface area contributed by atoms with E-state index in [2.05, 4.69) is 17.6 Å². The molecule has 0 spiro atoms. The molecule has 2 N–H and O–H groups in total. The van der Waals surface area contributed by atoms with E-state index in [0.29, 0.717) is 11.5 Å². The highest BCUT2D eigenvalue weighted by molar-refractivity contribution is 5.98. The van der Waals surface area contributed by atoms with Gasteiger partial charge >= 0.3 is 0 Å². The van der Waals surface area contributed by atoms with Gasteiger partial charge in [-0.05, 0) is 32.4 Å². The molecule has 5 heteroatoms. The van der Waals surface area contributed by atoms with Crippen molar-refractivity contribution in [2.24, 2.45) is 5.92 Å². The number of Topliss-reactive ketones (excluding diaryl/α,β-unsaturated/α-hetero) is 1. The van der Waals surface area contributed by atoms with Crippen molar-refractivity contribution in [3.05, 3.63) is 35.4 Å². The molecular formula is C17H25ClN2O2. The Morgan fingerprint density at radius 1 is 1.23 bits per heavy atom. The molecule has 1 aromatic rings. The minimum Gasteiger partial charge on any atom is -0.353 e. The summed E-state index contributed by atoms with van der Waals surface area (Å²) in [5, 5.41) is 6.36. The molecule has 22 heavy (non-hydrogen) atoms. The highest BCUT2D eigenvalue weighted by Gasteiger charge is 2.22. The van der Waals surface area contributed by atoms with E-state index >= 15 is 0 Å². The Morgan fingerprint density at radius 3 is 2.55 bits per heavy atom. The third-order valence-electron chi connectivity index (χ3n) is 4.08. The third kappa shape index (κ3) is 5.43. The second-order valence-corrected chi connectivity index (χ2v) is 5.93. The molecular weight excluding hydrogens is 300 g/mol. The SMILES string of the molecule is Cc1ccc(C(=O)CCC(=O)NC2CCNCC2C)cc1.Cl. The van der Waals surface area contributed by atoms with Gasteiger partial charge in [0.15, 0.2) is 5.78 Å². The number of rotatable bonds is 5. The van der Waals surface area contributed by atoms with Crippen molar-refractivity contribution in [2.75, 3.05) is 13.1 Å². The number of piperidine rings is 1. The first kappa shape index (κ1) is 18.7. The molecule has 0 saturated carbocycles. The van der Waals surface area contributed by atoms with E-state index in [1.807, 2.05) is 31.2 Å². The van der Waals surface area contributed by atoms with Crippen molar-refractivity contribution in [2.45, 2.75) is 39.2 Å². The normalized spacial score (nSPS) is 20.8. The van der Waals surface area contributed by atoms with E-state index in [0.717, 1.165) is 25.1 Å². The van der Waals surface area contributed by atoms with Gasteiger partial charge in [-0.2, -0.15) is 0 Å². The van der Waals surface area contributed by atoms with E-state index in [1.54, 1.807) is 0 Å². The zero-order chi connectivity index (χ0) is 15.2. The number of halogens is 1. The van der Waals surface area contributed by atoms with Gasteiger partial charge < -0.3 is 10.6 Å². The van der Waals surface area contributed by atoms with E-state index in [9.17, 15) is 9.59 Å². The van der Waals surface area contributed by atoms with Crippen molar-refractivity contribution < 1.29 is 9.59 Å². The van der Waals surface area contributed by atoms with Crippen LogP contribution in [0.3, 0.4) is 0 Å². The number of aryl methyl sites for hydroxylation is 1. The van der Waals surface area contributed by atoms with Gasteiger partial charge in [-0.1, -0.05) is 36.8 Å². The summed E-state index contributed by atoms with van der Waals surface area (Å²) in [5.74, 6) is 0.452. The first-order valence-electron chi connectivity index (χ1n) is 7.66. The van der Waals surface area contributed by atoms with Crippen LogP contribution in [0.1, 0.15) is 42.1 Å². The summed E-state index contributed by atoms with van der Waals surface area (Å²) in [7, 11) is 0. The van der Waals surface area contributed by atoms with Crippen molar-refractivity contribution in [1.29, 1.82) is 0 Å². The summed E-state index contributed by atoms with van der Waals surface area (Å²) >= 11 is 0. The Bertz CT molecular complexity index is 502. The Morgan fingerprint density at radius 2 is 1.91 bits per heavy atom. The van der Waals surface area contributed by atoms with Crippen LogP contribution in [-0.4, -0.2) is 30.8 Å². The van der Waals surface area contributed by atoms with Gasteiger partial charge in [0.05, 0.1) is 0 Å². The van der Waals surface area contributed by atoms with Crippen LogP contribution >= 0.6 is 12.4 Å². The molecule has 0 radical (unpaired) electrons. The van der Waals surface area contributed by atoms with E-state index in [4.69, 9.17) is 0 Å². The molecule has 1 aliphatic heterocycles. The van der Waals surface area contributed by atoms with Gasteiger partial charge in [-0.3, -0.25) is 9.59 Å². The Labute approximate surface area is 138 Å². The lowest BCUT2D eigenvalue weighted by Crippen LogP contribution is -2.48. The molecule has 1 fully saturated rings. The maximum atomic E-state index is 12.0. The van der Waals surface area contributed by atoms with E-state index < -0.39 is 0 Å². The van der Waals surface area contributed by atoms with Gasteiger partial charge in [-0.15, -0.1) is 12.4 Å². The molecule has 2 rings (SSSR count). The number of hydrogen-bond acceptors (Lipinski definition) is 3. The van der Waals surface area contributed by atoms with Crippen LogP contribution in [0.15, 0.2) is 24.3 Å². The standard InChI is InChI=1S/C17H24N2O2.ClH/c1-12-3-5-14(6-4-12)16(20)7-8-17(21)19-15-9-10-18-11-13(15)2;/h3-6,13,15,18H,7-11H2,1-2H3,(H,19,21);1H. The molecule has 4 nitrogen and oxygen atoms in total. The molecule has 2 unspecified atom stereocenters. The molecule has 1 heterocycles. The first-order valence-corrected chi connectivity index (χ1v) is 7.66. The smallest absolute Gasteiger partial charge is 0.220 e. The Hall–Kier alpha value is -1.39. The Balaban J connectivity index is 0.00000242. The second kappa shape index (κ2) is 8.91. The van der Waals surface area contributed by atoms with Gasteiger partial charge in [0.1, 0.15) is 0 Å². The van der Waals surface area contributed by atoms with Crippen LogP contribution < -0.4 is 10.6 Å². The van der Waals surface area contributed by atoms with Crippen LogP contribution in [0.4, 0.5) is 0 Å². The van der Waals surface area contributed by atoms with Gasteiger partial charge in [-0.25, -0.2) is 0 Å². The molecule has 1 aromatic carbocycles. The number of benzene rings is 1. The molecule has 1 aliphatic rings. The average Bonchev–Trinajstić information content (AvgIpc) is 2.48. The fourth-order valence-corrected chi connectivity index (χ4v) is 2.62. The highest BCUT2D eigenvalue weighted by Crippen LogP contribution is 2.11. The lowest BCUT2D eigenvalue weighted by molar-refractivity contribution is -0.122. The monoisotopic (exact) mass is 324 g/mol. The fraction of sp³-hybridized carbons (Fsp3) is 0.529. The minimum atomic E-state index is -0.0192. The number of hydrogen-bond donors (Lipinski definition) is 2. The largest absolute Gasteiger partial charge is 0.353 e. The predicted octanol–water partition coefficient (Wildman–Crippen LogP) is 2.49. The number of nitrogens with one attached hydrogen (secondary N) is 2. The summed E-state index contributed by atoms with van der Waals surface area (Å²) in [4.78, 5) is 24.0. The van der Waals surface area contributed by atoms with Gasteiger partial charge in [0.2, 0.25) is 5.91 Å². The lowest BCUT2D eigenvalue weighted by Gasteiger charge is -2.30. The topological polar surface area (TPSA) is 58.2 Å². The fourth-order valence-electron chi connectivity index (χ4n) is 2.62. The summed E-state index contributed by atoms with van der Waals surface area (Å²) < 4.78 is 0. The lowest BCUT2D eigenvalue weighted by atomic mass is 9.95. The number of carbonyl (C=O) groups is 2. The molecule has 0 aliphatic carbocycles. The van der Waals surface area contributed by atoms with Crippen molar-refractivity contribution in [3.8, 4) is 0 Å². The van der Waals surface area contributed by atoms with Crippen LogP contribution in [0, 0.1) is 12.8 Å². The summed E-state index contributed by atoms with van der Waals surface area (Å²) in [6.45, 7) is 6.00. The highest BCUT2D eigenvalue weighted by atomic mass is 35.5. The number of amides is 1. The second-order valence-electron chi connectivity index (χ2n) is 5.93. The van der Waals surface area contributed by atoms with Crippen LogP contribution in [-0.2, 0) is 4.79 Å². The van der Waals surface area contributed by atoms with Crippen LogP contribution in [0.5, 0.6) is 0 Å². The van der Waals surface area contributed by atoms with Crippen molar-refractivity contribution in [3.63, 3.8) is 0 Å². The van der Waals surface area contributed by atoms with Crippen molar-refractivity contribution >= 4 is 24.1 Å². The number of ketones is 1. The summed E-state index contributed by atoms with van der Waals surface area (Å²) in [6.07, 6.45) is 1.50. The van der Waals surface area contributed by atoms with E-state index in [-0.39, 0.29) is 43.0 Å². The van der Waals surface area contributed by atoms with E-state index in [1.165, 1.54) is 0 Å². The molecule has 122 valence electrons. The zero-order valence-corrected chi connectivity index (χ0v) is 14.0. The summed E-state index contributed by atoms with van der Waals surface area (Å²) in [6, 6.07) is 7.72. The third-order valence-corrected chi connectivity index (χ3v) is 4.08. The van der Waals surface area contributed by atoms with Crippen LogP contribution in [0.25, 0.3) is 0 Å². The minimum absolute atomic E-state index is 0. The quantitative estimate of drug-likeness (QED) is 0.818. The summed E-state index contributed by atoms with van der Waals surface area (Å²) in [5.41, 5.74) is 1.81. The number of carbonyl (C=O) groups excluding carboxylic acids is 2. The molecule has 1 saturated heterocycles. The first-order chi connectivity index (χ1) is 10.1. The Kier molecular flexibility index (Phi) is 7.56. The zero-order valence-electron chi connectivity index (χ0n) is 13.2. The average molecular weight is 325 g/mol. The molecule has 1 amide bonds. The molecule has 2 atom stereocenters. The maximum Gasteiger partial charge on any atom is 0.220 e. The predicted molar refractivity (Wildman–Crippen MR) is 90.6 cm³/mol. The van der Waals surface area contributed by atoms with Gasteiger partial charge in [0, 0.05) is 24.4 Å². The molecule has 0 bridgehead atoms. The van der Waals surface area contributed by atoms with Gasteiger partial charge in [0.25, 0.3) is 0 Å².